The molecule has 0 aromatic heterocycles. The largest absolute Gasteiger partial charge is 0.394 e. The maximum Gasteiger partial charge on any atom is 0.328 e. The smallest absolute Gasteiger partial charge is 0.328 e. The topological polar surface area (TPSA) is 149 Å². The number of aliphatic hydroxyl groups excluding tert-OH is 2. The lowest BCUT2D eigenvalue weighted by molar-refractivity contribution is -0.350. The Kier molecular flexibility index (Phi) is 3.95. The van der Waals surface area contributed by atoms with E-state index in [2.05, 4.69) is 4.89 Å². The Bertz CT molecular complexity index is 414. The van der Waals surface area contributed by atoms with Crippen molar-refractivity contribution in [3.63, 3.8) is 0 Å². The summed E-state index contributed by atoms with van der Waals surface area (Å²) in [5.41, 5.74) is -2.20. The van der Waals surface area contributed by atoms with Gasteiger partial charge in [0, 0.05) is 6.42 Å². The lowest BCUT2D eigenvalue weighted by Gasteiger charge is -2.43. The minimum absolute atomic E-state index is 0.0667. The number of ether oxygens (including phenoxy) is 1. The fourth-order valence-corrected chi connectivity index (χ4v) is 2.26. The van der Waals surface area contributed by atoms with Crippen LogP contribution >= 0.6 is 0 Å². The number of nitrogens with zero attached hydrogens (tertiary/aromatic N) is 1. The Morgan fingerprint density at radius 1 is 1.55 bits per heavy atom. The molecule has 0 saturated carbocycles. The van der Waals surface area contributed by atoms with Crippen molar-refractivity contribution in [1.82, 2.24) is 10.2 Å². The molecule has 2 aliphatic heterocycles. The van der Waals surface area contributed by atoms with E-state index in [0.29, 0.717) is 0 Å². The van der Waals surface area contributed by atoms with Gasteiger partial charge in [0.25, 0.3) is 5.91 Å². The van der Waals surface area contributed by atoms with E-state index in [1.165, 1.54) is 0 Å². The molecule has 2 fully saturated rings. The second kappa shape index (κ2) is 5.24. The van der Waals surface area contributed by atoms with Crippen LogP contribution < -0.4 is 5.32 Å². The number of carbonyl (C=O) groups is 2. The summed E-state index contributed by atoms with van der Waals surface area (Å²) in [5.74, 6) is -1.03. The molecule has 0 radical (unpaired) electrons. The van der Waals surface area contributed by atoms with E-state index in [9.17, 15) is 19.8 Å². The average molecular weight is 292 g/mol. The number of carbonyl (C=O) groups excluding carboxylic acids is 2. The summed E-state index contributed by atoms with van der Waals surface area (Å²) in [7, 11) is 0. The summed E-state index contributed by atoms with van der Waals surface area (Å²) in [4.78, 5) is 28.1. The summed E-state index contributed by atoms with van der Waals surface area (Å²) >= 11 is 0. The Morgan fingerprint density at radius 2 is 2.20 bits per heavy atom. The van der Waals surface area contributed by atoms with Gasteiger partial charge in [-0.1, -0.05) is 0 Å². The number of hydrogen-bond acceptors (Lipinski definition) is 8. The molecule has 0 spiro atoms. The van der Waals surface area contributed by atoms with E-state index in [-0.39, 0.29) is 6.42 Å². The van der Waals surface area contributed by atoms with Crippen molar-refractivity contribution in [3.8, 4) is 0 Å². The van der Waals surface area contributed by atoms with Crippen LogP contribution in [0.25, 0.3) is 0 Å². The highest BCUT2D eigenvalue weighted by molar-refractivity contribution is 6.01. The lowest BCUT2D eigenvalue weighted by Crippen LogP contribution is -2.71. The van der Waals surface area contributed by atoms with Crippen LogP contribution in [0.5, 0.6) is 0 Å². The van der Waals surface area contributed by atoms with E-state index < -0.39 is 48.8 Å². The number of urea groups is 1. The molecule has 20 heavy (non-hydrogen) atoms. The number of aliphatic hydroxyl groups is 3. The third kappa shape index (κ3) is 2.26. The first-order chi connectivity index (χ1) is 9.32. The van der Waals surface area contributed by atoms with Gasteiger partial charge >= 0.3 is 6.03 Å². The molecule has 2 aliphatic rings. The molecule has 0 unspecified atom stereocenters. The van der Waals surface area contributed by atoms with Crippen LogP contribution in [0.2, 0.25) is 0 Å². The van der Waals surface area contributed by atoms with Crippen molar-refractivity contribution in [2.45, 2.75) is 43.6 Å². The van der Waals surface area contributed by atoms with Crippen LogP contribution in [0, 0.1) is 0 Å². The fourth-order valence-electron chi connectivity index (χ4n) is 2.26. The Balaban J connectivity index is 2.25. The number of imide groups is 1. The average Bonchev–Trinajstić information content (AvgIpc) is 2.74. The highest BCUT2D eigenvalue weighted by Crippen LogP contribution is 2.30. The van der Waals surface area contributed by atoms with Crippen LogP contribution in [0.3, 0.4) is 0 Å². The monoisotopic (exact) mass is 292 g/mol. The second-order valence-corrected chi connectivity index (χ2v) is 4.89. The number of hydrogen-bond donors (Lipinski definition) is 5. The van der Waals surface area contributed by atoms with E-state index in [4.69, 9.17) is 15.1 Å². The zero-order valence-corrected chi connectivity index (χ0v) is 10.6. The van der Waals surface area contributed by atoms with Gasteiger partial charge in [0.2, 0.25) is 6.23 Å². The zero-order chi connectivity index (χ0) is 15.1. The quantitative estimate of drug-likeness (QED) is 0.285. The Morgan fingerprint density at radius 3 is 2.70 bits per heavy atom. The predicted molar refractivity (Wildman–Crippen MR) is 59.9 cm³/mol. The van der Waals surface area contributed by atoms with Gasteiger partial charge in [0.15, 0.2) is 5.60 Å². The SMILES string of the molecule is C[C@]1(O)C(=O)NC(=O)N([C@H]2C[C@H](O)[C@@H](CO)O2)[C@H]1OO. The van der Waals surface area contributed by atoms with Crippen molar-refractivity contribution in [2.75, 3.05) is 6.61 Å². The maximum absolute atomic E-state index is 11.8. The van der Waals surface area contributed by atoms with Crippen molar-refractivity contribution >= 4 is 11.9 Å². The Labute approximate surface area is 113 Å². The van der Waals surface area contributed by atoms with Crippen molar-refractivity contribution in [2.24, 2.45) is 0 Å². The van der Waals surface area contributed by atoms with E-state index >= 15 is 0 Å². The van der Waals surface area contributed by atoms with Crippen LogP contribution in [-0.4, -0.2) is 74.3 Å². The minimum Gasteiger partial charge on any atom is -0.394 e. The number of nitrogens with one attached hydrogen (secondary N) is 1. The molecule has 2 saturated heterocycles. The molecule has 2 heterocycles. The molecule has 2 rings (SSSR count). The molecule has 0 aliphatic carbocycles. The van der Waals surface area contributed by atoms with Gasteiger partial charge in [-0.3, -0.25) is 15.0 Å². The van der Waals surface area contributed by atoms with Gasteiger partial charge in [0.1, 0.15) is 12.3 Å². The second-order valence-electron chi connectivity index (χ2n) is 4.89. The molecule has 10 nitrogen and oxygen atoms in total. The van der Waals surface area contributed by atoms with Gasteiger partial charge in [0.05, 0.1) is 12.7 Å². The van der Waals surface area contributed by atoms with Crippen LogP contribution in [0.4, 0.5) is 4.79 Å². The van der Waals surface area contributed by atoms with E-state index in [1.54, 1.807) is 0 Å². The maximum atomic E-state index is 11.8. The first-order valence-electron chi connectivity index (χ1n) is 5.93. The molecular formula is C10H16N2O8. The summed E-state index contributed by atoms with van der Waals surface area (Å²) in [6, 6.07) is -0.948. The van der Waals surface area contributed by atoms with Crippen LogP contribution in [0.1, 0.15) is 13.3 Å². The predicted octanol–water partition coefficient (Wildman–Crippen LogP) is -2.43. The Hall–Kier alpha value is -1.30. The fraction of sp³-hybridized carbons (Fsp3) is 0.800. The first kappa shape index (κ1) is 15.1. The van der Waals surface area contributed by atoms with Crippen molar-refractivity contribution < 1.29 is 39.8 Å². The molecule has 0 aromatic carbocycles. The number of rotatable bonds is 3. The summed E-state index contributed by atoms with van der Waals surface area (Å²) in [5, 5.41) is 39.4. The molecule has 0 aromatic rings. The standard InChI is InChI=1S/C10H16N2O8/c1-10(17)7(15)11-9(16)12(8(10)20-18)6-2-4(14)5(3-13)19-6/h4-6,8,13-14,17-18H,2-3H2,1H3,(H,11,15,16)/t4-,5+,6+,8-,10-/m0/s1. The summed E-state index contributed by atoms with van der Waals surface area (Å²) in [6.45, 7) is 0.588. The zero-order valence-electron chi connectivity index (χ0n) is 10.6. The third-order valence-electron chi connectivity index (χ3n) is 3.44. The summed E-state index contributed by atoms with van der Waals surface area (Å²) < 4.78 is 5.24. The molecule has 5 atom stereocenters. The molecule has 5 N–H and O–H groups in total. The molecule has 114 valence electrons. The van der Waals surface area contributed by atoms with Gasteiger partial charge in [-0.2, -0.15) is 0 Å². The van der Waals surface area contributed by atoms with E-state index in [0.717, 1.165) is 11.8 Å². The van der Waals surface area contributed by atoms with Gasteiger partial charge < -0.3 is 20.1 Å². The molecule has 3 amide bonds. The van der Waals surface area contributed by atoms with Crippen molar-refractivity contribution in [1.29, 1.82) is 0 Å². The van der Waals surface area contributed by atoms with Gasteiger partial charge in [-0.25, -0.2) is 14.9 Å². The van der Waals surface area contributed by atoms with Crippen LogP contribution in [0.15, 0.2) is 0 Å². The van der Waals surface area contributed by atoms with Gasteiger partial charge in [-0.15, -0.1) is 0 Å². The lowest BCUT2D eigenvalue weighted by atomic mass is 10.00. The highest BCUT2D eigenvalue weighted by atomic mass is 17.1. The van der Waals surface area contributed by atoms with Crippen LogP contribution in [-0.2, 0) is 14.4 Å². The molecule has 0 bridgehead atoms. The summed E-state index contributed by atoms with van der Waals surface area (Å²) in [6.07, 6.45) is -4.77. The molecule has 10 heteroatoms. The van der Waals surface area contributed by atoms with E-state index in [1.807, 2.05) is 5.32 Å². The number of amides is 3. The normalized spacial score (nSPS) is 42.0. The third-order valence-corrected chi connectivity index (χ3v) is 3.44. The van der Waals surface area contributed by atoms with Crippen molar-refractivity contribution in [3.05, 3.63) is 0 Å². The minimum atomic E-state index is -2.20. The first-order valence-corrected chi connectivity index (χ1v) is 5.93. The van der Waals surface area contributed by atoms with Gasteiger partial charge in [-0.05, 0) is 6.92 Å². The molecular weight excluding hydrogens is 276 g/mol. The highest BCUT2D eigenvalue weighted by Gasteiger charge is 2.55.